The van der Waals surface area contributed by atoms with Crippen LogP contribution in [0.5, 0.6) is 0 Å². The second-order valence-electron chi connectivity index (χ2n) is 6.19. The number of aromatic nitrogens is 2. The van der Waals surface area contributed by atoms with Gasteiger partial charge in [-0.2, -0.15) is 5.10 Å². The van der Waals surface area contributed by atoms with E-state index in [4.69, 9.17) is 0 Å². The molecule has 0 aliphatic carbocycles. The van der Waals surface area contributed by atoms with Crippen LogP contribution in [-0.4, -0.2) is 47.8 Å². The minimum atomic E-state index is -0.135. The SMILES string of the molecule is C=C(/C=C/N(C)C)c1nn(-c2cccc(CN(C)C)c2)ccc1=O. The van der Waals surface area contributed by atoms with E-state index >= 15 is 0 Å². The molecule has 0 aliphatic rings. The molecule has 0 radical (unpaired) electrons. The molecular weight excluding hydrogens is 300 g/mol. The van der Waals surface area contributed by atoms with Gasteiger partial charge >= 0.3 is 0 Å². The van der Waals surface area contributed by atoms with Crippen LogP contribution in [0.1, 0.15) is 11.3 Å². The third-order valence-electron chi connectivity index (χ3n) is 3.36. The quantitative estimate of drug-likeness (QED) is 0.765. The average Bonchev–Trinajstić information content (AvgIpc) is 2.52. The maximum atomic E-state index is 12.1. The Balaban J connectivity index is 2.38. The fraction of sp³-hybridized carbons (Fsp3) is 0.263. The first-order chi connectivity index (χ1) is 11.4. The maximum absolute atomic E-state index is 12.1. The van der Waals surface area contributed by atoms with Crippen LogP contribution >= 0.6 is 0 Å². The molecule has 1 aromatic heterocycles. The molecule has 0 saturated heterocycles. The van der Waals surface area contributed by atoms with E-state index in [1.54, 1.807) is 17.0 Å². The van der Waals surface area contributed by atoms with Crippen molar-refractivity contribution in [2.75, 3.05) is 28.2 Å². The fourth-order valence-corrected chi connectivity index (χ4v) is 2.25. The summed E-state index contributed by atoms with van der Waals surface area (Å²) < 4.78 is 1.71. The minimum absolute atomic E-state index is 0.135. The standard InChI is InChI=1S/C19H24N4O/c1-15(9-11-21(2)3)19-18(24)10-12-23(20-19)17-8-6-7-16(13-17)14-22(4)5/h6-13H,1,14H2,2-5H3/b11-9+. The summed E-state index contributed by atoms with van der Waals surface area (Å²) in [7, 11) is 7.89. The molecule has 1 aromatic carbocycles. The lowest BCUT2D eigenvalue weighted by molar-refractivity contribution is 0.402. The third kappa shape index (κ3) is 4.67. The van der Waals surface area contributed by atoms with Gasteiger partial charge in [0.05, 0.1) is 5.69 Å². The van der Waals surface area contributed by atoms with E-state index in [0.717, 1.165) is 12.2 Å². The molecule has 0 aliphatic heterocycles. The second-order valence-corrected chi connectivity index (χ2v) is 6.19. The Hall–Kier alpha value is -2.66. The van der Waals surface area contributed by atoms with Crippen molar-refractivity contribution in [2.24, 2.45) is 0 Å². The second kappa shape index (κ2) is 7.75. The van der Waals surface area contributed by atoms with Crippen LogP contribution in [0.15, 0.2) is 60.2 Å². The van der Waals surface area contributed by atoms with Gasteiger partial charge in [-0.05, 0) is 44.1 Å². The molecule has 0 N–H and O–H groups in total. The zero-order valence-electron chi connectivity index (χ0n) is 14.7. The van der Waals surface area contributed by atoms with Crippen LogP contribution in [0.3, 0.4) is 0 Å². The Labute approximate surface area is 143 Å². The number of hydrogen-bond donors (Lipinski definition) is 0. The van der Waals surface area contributed by atoms with Gasteiger partial charge in [-0.3, -0.25) is 4.79 Å². The minimum Gasteiger partial charge on any atom is -0.383 e. The summed E-state index contributed by atoms with van der Waals surface area (Å²) in [5, 5.41) is 4.46. The zero-order chi connectivity index (χ0) is 17.7. The number of nitrogens with zero attached hydrogens (tertiary/aromatic N) is 4. The van der Waals surface area contributed by atoms with Gasteiger partial charge in [0.25, 0.3) is 0 Å². The normalized spacial score (nSPS) is 11.2. The summed E-state index contributed by atoms with van der Waals surface area (Å²) in [6.45, 7) is 4.80. The molecule has 24 heavy (non-hydrogen) atoms. The Morgan fingerprint density at radius 1 is 1.25 bits per heavy atom. The van der Waals surface area contributed by atoms with Crippen molar-refractivity contribution in [1.29, 1.82) is 0 Å². The van der Waals surface area contributed by atoms with Gasteiger partial charge in [0.2, 0.25) is 5.43 Å². The molecule has 0 atom stereocenters. The molecule has 0 amide bonds. The monoisotopic (exact) mass is 324 g/mol. The van der Waals surface area contributed by atoms with E-state index in [0.29, 0.717) is 11.3 Å². The molecule has 5 nitrogen and oxygen atoms in total. The predicted molar refractivity (Wildman–Crippen MR) is 99.1 cm³/mol. The van der Waals surface area contributed by atoms with Crippen LogP contribution < -0.4 is 5.43 Å². The highest BCUT2D eigenvalue weighted by Crippen LogP contribution is 2.12. The van der Waals surface area contributed by atoms with Crippen LogP contribution in [0.25, 0.3) is 11.3 Å². The summed E-state index contributed by atoms with van der Waals surface area (Å²) >= 11 is 0. The Kier molecular flexibility index (Phi) is 5.71. The first-order valence-electron chi connectivity index (χ1n) is 7.75. The van der Waals surface area contributed by atoms with Gasteiger partial charge in [0.15, 0.2) is 0 Å². The molecule has 5 heteroatoms. The predicted octanol–water partition coefficient (Wildman–Crippen LogP) is 2.38. The molecule has 1 heterocycles. The van der Waals surface area contributed by atoms with Crippen molar-refractivity contribution in [1.82, 2.24) is 19.6 Å². The first-order valence-corrected chi connectivity index (χ1v) is 7.75. The lowest BCUT2D eigenvalue weighted by Gasteiger charge is -2.12. The molecule has 0 saturated carbocycles. The van der Waals surface area contributed by atoms with E-state index in [2.05, 4.69) is 28.7 Å². The molecule has 2 aromatic rings. The number of hydrogen-bond acceptors (Lipinski definition) is 4. The molecule has 0 unspecified atom stereocenters. The largest absolute Gasteiger partial charge is 0.383 e. The summed E-state index contributed by atoms with van der Waals surface area (Å²) in [5.74, 6) is 0. The number of benzene rings is 1. The van der Waals surface area contributed by atoms with E-state index in [1.807, 2.05) is 51.4 Å². The molecular formula is C19H24N4O. The van der Waals surface area contributed by atoms with Gasteiger partial charge in [-0.25, -0.2) is 4.68 Å². The van der Waals surface area contributed by atoms with E-state index < -0.39 is 0 Å². The third-order valence-corrected chi connectivity index (χ3v) is 3.36. The highest BCUT2D eigenvalue weighted by atomic mass is 16.1. The van der Waals surface area contributed by atoms with Crippen LogP contribution in [0.2, 0.25) is 0 Å². The summed E-state index contributed by atoms with van der Waals surface area (Å²) in [5.41, 5.74) is 2.91. The fourth-order valence-electron chi connectivity index (χ4n) is 2.25. The average molecular weight is 324 g/mol. The maximum Gasteiger partial charge on any atom is 0.208 e. The van der Waals surface area contributed by atoms with E-state index in [9.17, 15) is 4.79 Å². The first kappa shape index (κ1) is 17.7. The zero-order valence-corrected chi connectivity index (χ0v) is 14.7. The molecule has 0 fully saturated rings. The highest BCUT2D eigenvalue weighted by Gasteiger charge is 2.07. The molecule has 2 rings (SSSR count). The van der Waals surface area contributed by atoms with Gasteiger partial charge in [-0.15, -0.1) is 0 Å². The highest BCUT2D eigenvalue weighted by molar-refractivity contribution is 5.68. The van der Waals surface area contributed by atoms with Crippen molar-refractivity contribution in [3.63, 3.8) is 0 Å². The summed E-state index contributed by atoms with van der Waals surface area (Å²) in [6.07, 6.45) is 5.32. The van der Waals surface area contributed by atoms with Gasteiger partial charge in [-0.1, -0.05) is 18.7 Å². The number of rotatable bonds is 6. The van der Waals surface area contributed by atoms with Gasteiger partial charge in [0, 0.05) is 38.5 Å². The van der Waals surface area contributed by atoms with Crippen LogP contribution in [0, 0.1) is 0 Å². The Morgan fingerprint density at radius 2 is 2.00 bits per heavy atom. The van der Waals surface area contributed by atoms with Crippen molar-refractivity contribution in [2.45, 2.75) is 6.54 Å². The Morgan fingerprint density at radius 3 is 2.67 bits per heavy atom. The van der Waals surface area contributed by atoms with Gasteiger partial charge in [0.1, 0.15) is 5.69 Å². The van der Waals surface area contributed by atoms with Crippen molar-refractivity contribution < 1.29 is 0 Å². The van der Waals surface area contributed by atoms with Crippen molar-refractivity contribution >= 4 is 5.57 Å². The van der Waals surface area contributed by atoms with Crippen LogP contribution in [0.4, 0.5) is 0 Å². The number of allylic oxidation sites excluding steroid dienone is 2. The van der Waals surface area contributed by atoms with Gasteiger partial charge < -0.3 is 9.80 Å². The molecule has 0 spiro atoms. The molecule has 0 bridgehead atoms. The smallest absolute Gasteiger partial charge is 0.208 e. The lowest BCUT2D eigenvalue weighted by atomic mass is 10.2. The summed E-state index contributed by atoms with van der Waals surface area (Å²) in [6, 6.07) is 9.63. The Bertz CT molecular complexity index is 803. The molecule has 126 valence electrons. The van der Waals surface area contributed by atoms with Crippen molar-refractivity contribution in [3.8, 4) is 5.69 Å². The topological polar surface area (TPSA) is 41.4 Å². The van der Waals surface area contributed by atoms with Crippen LogP contribution in [-0.2, 0) is 6.54 Å². The van der Waals surface area contributed by atoms with E-state index in [1.165, 1.54) is 11.6 Å². The lowest BCUT2D eigenvalue weighted by Crippen LogP contribution is -2.15. The van der Waals surface area contributed by atoms with E-state index in [-0.39, 0.29) is 5.43 Å². The van der Waals surface area contributed by atoms with Crippen molar-refractivity contribution in [3.05, 3.63) is 76.9 Å². The summed E-state index contributed by atoms with van der Waals surface area (Å²) in [4.78, 5) is 16.1.